The van der Waals surface area contributed by atoms with E-state index in [2.05, 4.69) is 10.2 Å². The summed E-state index contributed by atoms with van der Waals surface area (Å²) in [6, 6.07) is 4.42. The molecule has 3 heterocycles. The second-order valence-corrected chi connectivity index (χ2v) is 13.4. The number of aromatic nitrogens is 5. The van der Waals surface area contributed by atoms with Gasteiger partial charge in [0.2, 0.25) is 0 Å². The highest BCUT2D eigenvalue weighted by Gasteiger charge is 2.36. The summed E-state index contributed by atoms with van der Waals surface area (Å²) in [7, 11) is 0. The van der Waals surface area contributed by atoms with E-state index in [1.807, 2.05) is 20.8 Å². The number of hydrogen-bond donors (Lipinski definition) is 1. The van der Waals surface area contributed by atoms with Crippen LogP contribution < -0.4 is 11.2 Å². The number of thiophene rings is 1. The Balaban J connectivity index is 2.04. The van der Waals surface area contributed by atoms with E-state index in [0.717, 1.165) is 10.1 Å². The van der Waals surface area contributed by atoms with Crippen molar-refractivity contribution in [1.82, 2.24) is 24.1 Å². The molecule has 232 valence electrons. The molecule has 0 aliphatic heterocycles. The first kappa shape index (κ1) is 32.4. The Morgan fingerprint density at radius 3 is 2.37 bits per heavy atom. The Labute approximate surface area is 253 Å². The Bertz CT molecular complexity index is 1750. The van der Waals surface area contributed by atoms with Gasteiger partial charge in [-0.2, -0.15) is 10.2 Å². The van der Waals surface area contributed by atoms with Gasteiger partial charge in [0, 0.05) is 12.0 Å². The summed E-state index contributed by atoms with van der Waals surface area (Å²) in [6.07, 6.45) is 2.92. The zero-order valence-corrected chi connectivity index (χ0v) is 26.8. The minimum Gasteiger partial charge on any atom is -0.388 e. The highest BCUT2D eigenvalue weighted by molar-refractivity contribution is 7.21. The van der Waals surface area contributed by atoms with E-state index in [4.69, 9.17) is 4.74 Å². The van der Waals surface area contributed by atoms with Crippen LogP contribution in [0.1, 0.15) is 77.7 Å². The van der Waals surface area contributed by atoms with Gasteiger partial charge in [-0.05, 0) is 70.2 Å². The van der Waals surface area contributed by atoms with Gasteiger partial charge in [0.25, 0.3) is 5.56 Å². The molecule has 0 bridgehead atoms. The Morgan fingerprint density at radius 2 is 1.79 bits per heavy atom. The first-order valence-electron chi connectivity index (χ1n) is 14.4. The number of ether oxygens (including phenoxy) is 1. The third-order valence-electron chi connectivity index (χ3n) is 7.44. The topological polar surface area (TPSA) is 121 Å². The zero-order chi connectivity index (χ0) is 31.9. The van der Waals surface area contributed by atoms with E-state index < -0.39 is 34.3 Å². The number of carbonyl (C=O) groups is 1. The molecule has 0 amide bonds. The molecule has 0 fully saturated rings. The lowest BCUT2D eigenvalue weighted by Gasteiger charge is -2.29. The van der Waals surface area contributed by atoms with Gasteiger partial charge in [-0.3, -0.25) is 14.2 Å². The Hall–Kier alpha value is -3.48. The van der Waals surface area contributed by atoms with E-state index in [1.54, 1.807) is 40.7 Å². The van der Waals surface area contributed by atoms with Crippen molar-refractivity contribution in [2.45, 2.75) is 92.0 Å². The number of hydrogen-bond acceptors (Lipinski definition) is 8. The van der Waals surface area contributed by atoms with Crippen LogP contribution in [0.3, 0.4) is 0 Å². The van der Waals surface area contributed by atoms with Crippen LogP contribution in [-0.4, -0.2) is 47.2 Å². The van der Waals surface area contributed by atoms with Gasteiger partial charge in [0.1, 0.15) is 27.3 Å². The summed E-state index contributed by atoms with van der Waals surface area (Å²) >= 11 is 1.17. The average Bonchev–Trinajstić information content (AvgIpc) is 3.55. The van der Waals surface area contributed by atoms with Crippen LogP contribution in [0.4, 0.5) is 4.39 Å². The predicted molar refractivity (Wildman–Crippen MR) is 165 cm³/mol. The molecule has 0 aliphatic carbocycles. The lowest BCUT2D eigenvalue weighted by atomic mass is 9.91. The highest BCUT2D eigenvalue weighted by Crippen LogP contribution is 2.33. The molecular weight excluding hydrogens is 573 g/mol. The number of benzene rings is 1. The van der Waals surface area contributed by atoms with Crippen molar-refractivity contribution >= 4 is 27.3 Å². The average molecular weight is 614 g/mol. The molecule has 1 atom stereocenters. The number of aryl methyl sites for hydroxylation is 2. The van der Waals surface area contributed by atoms with Gasteiger partial charge >= 0.3 is 5.69 Å². The smallest absolute Gasteiger partial charge is 0.333 e. The number of Topliss-reactive ketones (excluding diaryl/α,β-unsaturated/α-hetero) is 1. The van der Waals surface area contributed by atoms with Crippen molar-refractivity contribution in [3.05, 3.63) is 73.9 Å². The molecule has 0 radical (unpaired) electrons. The first-order valence-corrected chi connectivity index (χ1v) is 15.2. The number of rotatable bonds is 12. The lowest BCUT2D eigenvalue weighted by molar-refractivity contribution is -0.127. The molecule has 12 heteroatoms. The lowest BCUT2D eigenvalue weighted by Crippen LogP contribution is -2.53. The zero-order valence-electron chi connectivity index (χ0n) is 26.0. The molecule has 1 aromatic carbocycles. The SMILES string of the molecule is CCc1ccc(F)cc1[C@H](Cn1c(=O)n(C(C)(C)C(=O)CC(C)C)c(=O)c2c(C)c(-n3nccn3)sc21)OCC(C)(C)O. The van der Waals surface area contributed by atoms with Crippen LogP contribution in [0, 0.1) is 18.7 Å². The van der Waals surface area contributed by atoms with Crippen LogP contribution in [0.15, 0.2) is 40.2 Å². The van der Waals surface area contributed by atoms with Crippen LogP contribution in [0.25, 0.3) is 15.2 Å². The number of halogens is 1. The minimum absolute atomic E-state index is 0.0221. The number of carbonyl (C=O) groups excluding carboxylic acids is 1. The van der Waals surface area contributed by atoms with Crippen LogP contribution in [-0.2, 0) is 28.0 Å². The van der Waals surface area contributed by atoms with Crippen molar-refractivity contribution in [3.8, 4) is 5.00 Å². The van der Waals surface area contributed by atoms with Gasteiger partial charge in [0.15, 0.2) is 5.78 Å². The van der Waals surface area contributed by atoms with Gasteiger partial charge in [-0.15, -0.1) is 4.80 Å². The summed E-state index contributed by atoms with van der Waals surface area (Å²) in [5.74, 6) is -0.692. The first-order chi connectivity index (χ1) is 20.1. The molecule has 1 N–H and O–H groups in total. The van der Waals surface area contributed by atoms with Gasteiger partial charge < -0.3 is 9.84 Å². The minimum atomic E-state index is -1.45. The number of aliphatic hydroxyl groups is 1. The summed E-state index contributed by atoms with van der Waals surface area (Å²) in [5.41, 5.74) is -2.03. The molecule has 0 unspecified atom stereocenters. The summed E-state index contributed by atoms with van der Waals surface area (Å²) in [4.78, 5) is 43.7. The van der Waals surface area contributed by atoms with Crippen molar-refractivity contribution in [2.24, 2.45) is 5.92 Å². The van der Waals surface area contributed by atoms with Gasteiger partial charge in [0.05, 0.1) is 36.5 Å². The predicted octanol–water partition coefficient (Wildman–Crippen LogP) is 4.69. The number of ketones is 1. The van der Waals surface area contributed by atoms with E-state index >= 15 is 0 Å². The van der Waals surface area contributed by atoms with Crippen molar-refractivity contribution in [2.75, 3.05) is 6.61 Å². The molecule has 4 rings (SSSR count). The highest BCUT2D eigenvalue weighted by atomic mass is 32.1. The number of fused-ring (bicyclic) bond motifs is 1. The molecule has 3 aromatic heterocycles. The second kappa shape index (κ2) is 12.3. The van der Waals surface area contributed by atoms with Crippen LogP contribution in [0.2, 0.25) is 0 Å². The third kappa shape index (κ3) is 6.56. The van der Waals surface area contributed by atoms with Crippen molar-refractivity contribution < 1.29 is 19.0 Å². The second-order valence-electron chi connectivity index (χ2n) is 12.5. The molecular formula is C31H40FN5O5S. The Kier molecular flexibility index (Phi) is 9.24. The summed E-state index contributed by atoms with van der Waals surface area (Å²) < 4.78 is 23.3. The Morgan fingerprint density at radius 1 is 1.14 bits per heavy atom. The van der Waals surface area contributed by atoms with E-state index in [9.17, 15) is 23.9 Å². The maximum atomic E-state index is 14.6. The monoisotopic (exact) mass is 613 g/mol. The normalized spacial score (nSPS) is 13.3. The van der Waals surface area contributed by atoms with Gasteiger partial charge in [-0.25, -0.2) is 13.8 Å². The van der Waals surface area contributed by atoms with Crippen molar-refractivity contribution in [3.63, 3.8) is 0 Å². The molecule has 0 spiro atoms. The van der Waals surface area contributed by atoms with Gasteiger partial charge in [-0.1, -0.05) is 38.2 Å². The molecule has 4 aromatic rings. The maximum Gasteiger partial charge on any atom is 0.333 e. The molecule has 0 aliphatic rings. The standard InChI is InChI=1S/C31H40FN5O5S/c1-9-20-10-11-21(32)15-22(20)23(42-17-30(5,6)41)16-35-28-25(19(4)27(43-28)37-33-12-13-34-37)26(39)36(29(35)40)31(7,8)24(38)14-18(2)3/h10-13,15,18,23,41H,9,14,16-17H2,1-8H3/t23-/m0/s1. The molecule has 43 heavy (non-hydrogen) atoms. The fourth-order valence-electron chi connectivity index (χ4n) is 5.14. The summed E-state index contributed by atoms with van der Waals surface area (Å²) in [6.45, 7) is 13.6. The maximum absolute atomic E-state index is 14.6. The third-order valence-corrected chi connectivity index (χ3v) is 8.73. The quantitative estimate of drug-likeness (QED) is 0.246. The van der Waals surface area contributed by atoms with Crippen LogP contribution in [0.5, 0.6) is 0 Å². The van der Waals surface area contributed by atoms with E-state index in [1.165, 1.54) is 45.2 Å². The van der Waals surface area contributed by atoms with E-state index in [0.29, 0.717) is 27.4 Å². The fraction of sp³-hybridized carbons (Fsp3) is 0.516. The molecule has 0 saturated heterocycles. The fourth-order valence-corrected chi connectivity index (χ4v) is 6.36. The number of nitrogens with zero attached hydrogens (tertiary/aromatic N) is 5. The van der Waals surface area contributed by atoms with E-state index in [-0.39, 0.29) is 36.7 Å². The summed E-state index contributed by atoms with van der Waals surface area (Å²) in [5, 5.41) is 19.7. The van der Waals surface area contributed by atoms with Crippen LogP contribution >= 0.6 is 11.3 Å². The molecule has 10 nitrogen and oxygen atoms in total. The largest absolute Gasteiger partial charge is 0.388 e. The molecule has 0 saturated carbocycles. The van der Waals surface area contributed by atoms with Crippen molar-refractivity contribution in [1.29, 1.82) is 0 Å².